The maximum atomic E-state index is 14.6. The van der Waals surface area contributed by atoms with Gasteiger partial charge in [-0.3, -0.25) is 9.56 Å². The van der Waals surface area contributed by atoms with Crippen molar-refractivity contribution in [2.45, 2.75) is 32.6 Å². The molecule has 0 saturated carbocycles. The molecule has 0 bridgehead atoms. The molecule has 1 aliphatic heterocycles. The summed E-state index contributed by atoms with van der Waals surface area (Å²) in [5.41, 5.74) is 4.96. The van der Waals surface area contributed by atoms with Crippen molar-refractivity contribution in [1.82, 2.24) is 9.55 Å². The maximum absolute atomic E-state index is 14.6. The monoisotopic (exact) mass is 387 g/mol. The molecule has 0 unspecified atom stereocenters. The summed E-state index contributed by atoms with van der Waals surface area (Å²) in [6, 6.07) is 13.9. The van der Waals surface area contributed by atoms with Gasteiger partial charge in [-0.1, -0.05) is 31.1 Å². The van der Waals surface area contributed by atoms with E-state index in [1.807, 2.05) is 37.4 Å². The molecule has 2 heterocycles. The average molecular weight is 388 g/mol. The fourth-order valence-corrected chi connectivity index (χ4v) is 3.93. The maximum Gasteiger partial charge on any atom is 0.132 e. The molecule has 140 valence electrons. The fraction of sp³-hybridized carbons (Fsp3) is 0.217. The van der Waals surface area contributed by atoms with Crippen LogP contribution in [0.25, 0.3) is 5.69 Å². The van der Waals surface area contributed by atoms with Gasteiger partial charge in [-0.15, -0.1) is 5.92 Å². The third-order valence-electron chi connectivity index (χ3n) is 4.77. The lowest BCUT2D eigenvalue weighted by molar-refractivity contribution is 0.625. The first kappa shape index (κ1) is 18.4. The van der Waals surface area contributed by atoms with Crippen LogP contribution in [0.1, 0.15) is 28.2 Å². The highest BCUT2D eigenvalue weighted by Crippen LogP contribution is 2.28. The van der Waals surface area contributed by atoms with E-state index in [2.05, 4.69) is 34.5 Å². The van der Waals surface area contributed by atoms with Crippen molar-refractivity contribution >= 4 is 14.5 Å². The van der Waals surface area contributed by atoms with Crippen LogP contribution in [0.4, 0.5) is 4.39 Å². The number of hydrogen-bond donors (Lipinski definition) is 0. The Bertz CT molecular complexity index is 1130. The normalized spacial score (nSPS) is 12.5. The molecule has 0 N–H and O–H groups in total. The van der Waals surface area contributed by atoms with Gasteiger partial charge in [0.25, 0.3) is 0 Å². The van der Waals surface area contributed by atoms with E-state index in [0.29, 0.717) is 17.8 Å². The number of hydrogen-bond acceptors (Lipinski definition) is 2. The van der Waals surface area contributed by atoms with E-state index < -0.39 is 8.80 Å². The van der Waals surface area contributed by atoms with Gasteiger partial charge in [-0.2, -0.15) is 0 Å². The molecule has 0 atom stereocenters. The number of halogens is 1. The molecule has 28 heavy (non-hydrogen) atoms. The van der Waals surface area contributed by atoms with Gasteiger partial charge in [0.15, 0.2) is 0 Å². The van der Waals surface area contributed by atoms with Crippen LogP contribution in [0.5, 0.6) is 0 Å². The third-order valence-corrected chi connectivity index (χ3v) is 5.80. The summed E-state index contributed by atoms with van der Waals surface area (Å²) < 4.78 is 16.7. The quantitative estimate of drug-likeness (QED) is 0.470. The molecule has 1 aromatic heterocycles. The second-order valence-corrected chi connectivity index (χ2v) is 10.6. The molecule has 2 aromatic carbocycles. The zero-order valence-electron chi connectivity index (χ0n) is 16.3. The molecule has 0 saturated heterocycles. The van der Waals surface area contributed by atoms with Crippen LogP contribution >= 0.6 is 0 Å². The predicted molar refractivity (Wildman–Crippen MR) is 115 cm³/mol. The molecule has 0 radical (unpaired) electrons. The third kappa shape index (κ3) is 3.44. The lowest BCUT2D eigenvalue weighted by Gasteiger charge is -2.14. The summed E-state index contributed by atoms with van der Waals surface area (Å²) in [5, 5.41) is 0. The molecule has 4 rings (SSSR count). The number of nitrogens with zero attached hydrogens (tertiary/aromatic N) is 3. The van der Waals surface area contributed by atoms with Crippen molar-refractivity contribution in [1.29, 1.82) is 0 Å². The van der Waals surface area contributed by atoms with E-state index in [4.69, 9.17) is 4.99 Å². The summed E-state index contributed by atoms with van der Waals surface area (Å²) in [5.74, 6) is 7.20. The zero-order valence-corrected chi connectivity index (χ0v) is 17.5. The number of benzene rings is 2. The number of aliphatic imine (C=N–C) groups is 1. The first-order valence-corrected chi connectivity index (χ1v) is 12.6. The van der Waals surface area contributed by atoms with Crippen LogP contribution in [-0.2, 0) is 6.54 Å². The number of rotatable bonds is 2. The summed E-state index contributed by atoms with van der Waals surface area (Å²) in [6.45, 7) is 7.01. The molecular formula is C23H22FN3Si. The van der Waals surface area contributed by atoms with Gasteiger partial charge >= 0.3 is 0 Å². The summed E-state index contributed by atoms with van der Waals surface area (Å²) >= 11 is 0. The lowest BCUT2D eigenvalue weighted by atomic mass is 9.98. The van der Waals surface area contributed by atoms with Gasteiger partial charge in [-0.05, 0) is 37.3 Å². The zero-order chi connectivity index (χ0) is 19.7. The Kier molecular flexibility index (Phi) is 4.97. The molecule has 0 aliphatic carbocycles. The van der Waals surface area contributed by atoms with Gasteiger partial charge in [-0.25, -0.2) is 9.37 Å². The number of aromatic nitrogens is 2. The van der Waals surface area contributed by atoms with Crippen LogP contribution in [0.15, 0.2) is 53.7 Å². The highest BCUT2D eigenvalue weighted by molar-refractivity contribution is 6.56. The van der Waals surface area contributed by atoms with E-state index in [1.165, 1.54) is 6.07 Å². The Morgan fingerprint density at radius 1 is 1.14 bits per heavy atom. The van der Waals surface area contributed by atoms with Gasteiger partial charge in [0, 0.05) is 31.5 Å². The Balaban J connectivity index is 1.91. The minimum atomic E-state index is -0.714. The summed E-state index contributed by atoms with van der Waals surface area (Å²) in [7, 11) is -0.714. The minimum Gasteiger partial charge on any atom is -0.298 e. The van der Waals surface area contributed by atoms with Gasteiger partial charge in [0.05, 0.1) is 29.8 Å². The Morgan fingerprint density at radius 2 is 1.96 bits per heavy atom. The van der Waals surface area contributed by atoms with E-state index >= 15 is 0 Å². The molecule has 1 aliphatic rings. The van der Waals surface area contributed by atoms with Crippen LogP contribution in [-0.4, -0.2) is 24.1 Å². The molecule has 0 amide bonds. The van der Waals surface area contributed by atoms with Gasteiger partial charge in [0.1, 0.15) is 11.6 Å². The Morgan fingerprint density at radius 3 is 2.75 bits per heavy atom. The molecule has 5 heteroatoms. The topological polar surface area (TPSA) is 30.2 Å². The van der Waals surface area contributed by atoms with E-state index in [-0.39, 0.29) is 5.82 Å². The highest BCUT2D eigenvalue weighted by Gasteiger charge is 2.22. The molecular weight excluding hydrogens is 365 g/mol. The largest absolute Gasteiger partial charge is 0.298 e. The predicted octanol–water partition coefficient (Wildman–Crippen LogP) is 4.51. The Hall–Kier alpha value is -2.97. The van der Waals surface area contributed by atoms with E-state index in [9.17, 15) is 4.39 Å². The smallest absolute Gasteiger partial charge is 0.132 e. The minimum absolute atomic E-state index is 0.268. The second kappa shape index (κ2) is 7.57. The van der Waals surface area contributed by atoms with Crippen LogP contribution in [0, 0.1) is 24.6 Å². The van der Waals surface area contributed by atoms with Gasteiger partial charge < -0.3 is 0 Å². The van der Waals surface area contributed by atoms with Crippen molar-refractivity contribution in [2.24, 2.45) is 4.99 Å². The molecule has 0 fully saturated rings. The van der Waals surface area contributed by atoms with Crippen molar-refractivity contribution in [2.75, 3.05) is 0 Å². The lowest BCUT2D eigenvalue weighted by Crippen LogP contribution is -2.10. The first-order valence-electron chi connectivity index (χ1n) is 9.51. The van der Waals surface area contributed by atoms with Crippen molar-refractivity contribution in [3.63, 3.8) is 0 Å². The van der Waals surface area contributed by atoms with Crippen molar-refractivity contribution < 1.29 is 4.39 Å². The van der Waals surface area contributed by atoms with Gasteiger partial charge in [0.2, 0.25) is 0 Å². The number of imidazole rings is 1. The number of aryl methyl sites for hydroxylation is 1. The fourth-order valence-electron chi connectivity index (χ4n) is 3.42. The average Bonchev–Trinajstić information content (AvgIpc) is 2.95. The van der Waals surface area contributed by atoms with Crippen molar-refractivity contribution in [3.05, 3.63) is 82.7 Å². The van der Waals surface area contributed by atoms with Crippen molar-refractivity contribution in [3.8, 4) is 17.5 Å². The first-order chi connectivity index (χ1) is 13.5. The standard InChI is InChI=1S/C23H22FN3Si/c1-16-25-14-18-15-26-23(19-8-4-5-9-21(19)24)20-13-17(7-6-12-28(2)3)10-11-22(20)27(16)18/h4-5,8-11,13-14,28H,12,15H2,1-3H3. The van der Waals surface area contributed by atoms with Crippen LogP contribution < -0.4 is 0 Å². The van der Waals surface area contributed by atoms with E-state index in [1.54, 1.807) is 12.1 Å². The van der Waals surface area contributed by atoms with Crippen LogP contribution in [0.3, 0.4) is 0 Å². The van der Waals surface area contributed by atoms with Crippen LogP contribution in [0.2, 0.25) is 19.1 Å². The van der Waals surface area contributed by atoms with E-state index in [0.717, 1.165) is 34.4 Å². The SMILES string of the molecule is Cc1ncc2n1-c1ccc(C#CC[SiH](C)C)cc1C(c1ccccc1F)=NC2. The number of fused-ring (bicyclic) bond motifs is 3. The molecule has 3 nitrogen and oxygen atoms in total. The highest BCUT2D eigenvalue weighted by atomic mass is 28.3. The molecule has 3 aromatic rings. The second-order valence-electron chi connectivity index (χ2n) is 7.41. The Labute approximate surface area is 166 Å². The summed E-state index contributed by atoms with van der Waals surface area (Å²) in [4.78, 5) is 9.22. The summed E-state index contributed by atoms with van der Waals surface area (Å²) in [6.07, 6.45) is 1.84. The molecule has 0 spiro atoms.